The minimum atomic E-state index is 0.691. The van der Waals surface area contributed by atoms with E-state index in [9.17, 15) is 0 Å². The van der Waals surface area contributed by atoms with Crippen molar-refractivity contribution in [3.05, 3.63) is 53.7 Å². The summed E-state index contributed by atoms with van der Waals surface area (Å²) in [7, 11) is 0. The summed E-state index contributed by atoms with van der Waals surface area (Å²) in [5.41, 5.74) is 4.66. The van der Waals surface area contributed by atoms with Gasteiger partial charge in [0.1, 0.15) is 11.6 Å². The van der Waals surface area contributed by atoms with Gasteiger partial charge < -0.3 is 9.84 Å². The lowest BCUT2D eigenvalue weighted by Gasteiger charge is -2.07. The Morgan fingerprint density at radius 1 is 1.00 bits per heavy atom. The van der Waals surface area contributed by atoms with Crippen molar-refractivity contribution >= 4 is 11.5 Å². The summed E-state index contributed by atoms with van der Waals surface area (Å²) in [6, 6.07) is 8.13. The predicted molar refractivity (Wildman–Crippen MR) is 81.5 cm³/mol. The summed E-state index contributed by atoms with van der Waals surface area (Å²) in [5, 5.41) is 7.20. The van der Waals surface area contributed by atoms with Crippen LogP contribution in [0.4, 0.5) is 11.5 Å². The fourth-order valence-corrected chi connectivity index (χ4v) is 2.18. The molecule has 106 valence electrons. The molecule has 0 saturated heterocycles. The smallest absolute Gasteiger partial charge is 0.149 e. The minimum absolute atomic E-state index is 0.691. The lowest BCUT2D eigenvalue weighted by atomic mass is 10.1. The predicted octanol–water partition coefficient (Wildman–Crippen LogP) is 3.80. The van der Waals surface area contributed by atoms with E-state index < -0.39 is 0 Å². The zero-order chi connectivity index (χ0) is 14.8. The molecular formula is C16H16N4O. The van der Waals surface area contributed by atoms with E-state index in [-0.39, 0.29) is 0 Å². The Morgan fingerprint density at radius 3 is 2.43 bits per heavy atom. The van der Waals surface area contributed by atoms with Gasteiger partial charge in [0.15, 0.2) is 0 Å². The van der Waals surface area contributed by atoms with Crippen LogP contribution < -0.4 is 5.32 Å². The van der Waals surface area contributed by atoms with Crippen LogP contribution in [0, 0.1) is 20.8 Å². The molecular weight excluding hydrogens is 264 g/mol. The Labute approximate surface area is 123 Å². The molecule has 0 atom stereocenters. The van der Waals surface area contributed by atoms with Crippen molar-refractivity contribution in [2.45, 2.75) is 20.8 Å². The minimum Gasteiger partial charge on any atom is -0.361 e. The van der Waals surface area contributed by atoms with E-state index in [2.05, 4.69) is 27.4 Å². The van der Waals surface area contributed by atoms with Crippen molar-refractivity contribution in [2.75, 3.05) is 5.32 Å². The molecule has 0 aliphatic rings. The van der Waals surface area contributed by atoms with Gasteiger partial charge in [0.05, 0.1) is 29.3 Å². The van der Waals surface area contributed by atoms with Crippen LogP contribution in [0.3, 0.4) is 0 Å². The van der Waals surface area contributed by atoms with E-state index in [0.29, 0.717) is 5.82 Å². The Hall–Kier alpha value is -2.69. The van der Waals surface area contributed by atoms with Crippen LogP contribution in [-0.4, -0.2) is 15.1 Å². The van der Waals surface area contributed by atoms with Crippen molar-refractivity contribution in [3.8, 4) is 11.3 Å². The number of benzene rings is 1. The van der Waals surface area contributed by atoms with Crippen LogP contribution in [0.2, 0.25) is 0 Å². The number of hydrogen-bond acceptors (Lipinski definition) is 5. The van der Waals surface area contributed by atoms with Gasteiger partial charge >= 0.3 is 0 Å². The van der Waals surface area contributed by atoms with Crippen molar-refractivity contribution < 1.29 is 4.52 Å². The molecule has 3 rings (SSSR count). The van der Waals surface area contributed by atoms with Gasteiger partial charge in [0.25, 0.3) is 0 Å². The lowest BCUT2D eigenvalue weighted by Crippen LogP contribution is -1.97. The Morgan fingerprint density at radius 2 is 1.76 bits per heavy atom. The van der Waals surface area contributed by atoms with Crippen molar-refractivity contribution in [2.24, 2.45) is 0 Å². The summed E-state index contributed by atoms with van der Waals surface area (Å²) < 4.78 is 5.18. The Balaban J connectivity index is 1.92. The van der Waals surface area contributed by atoms with Gasteiger partial charge in [-0.3, -0.25) is 4.98 Å². The zero-order valence-corrected chi connectivity index (χ0v) is 12.2. The van der Waals surface area contributed by atoms with Gasteiger partial charge in [-0.25, -0.2) is 4.98 Å². The third-order valence-corrected chi connectivity index (χ3v) is 3.25. The number of aromatic nitrogens is 3. The number of anilines is 2. The molecule has 2 aromatic heterocycles. The SMILES string of the molecule is Cc1ccc(Nc2cncc(-c3c(C)noc3C)n2)cc1. The number of rotatable bonds is 3. The molecule has 1 N–H and O–H groups in total. The van der Waals surface area contributed by atoms with E-state index in [1.807, 2.05) is 38.1 Å². The van der Waals surface area contributed by atoms with Gasteiger partial charge in [-0.1, -0.05) is 22.9 Å². The third-order valence-electron chi connectivity index (χ3n) is 3.25. The molecule has 2 heterocycles. The summed E-state index contributed by atoms with van der Waals surface area (Å²) >= 11 is 0. The van der Waals surface area contributed by atoms with Crippen LogP contribution in [0.1, 0.15) is 17.0 Å². The second-order valence-electron chi connectivity index (χ2n) is 4.98. The fourth-order valence-electron chi connectivity index (χ4n) is 2.18. The molecule has 0 spiro atoms. The van der Waals surface area contributed by atoms with E-state index in [4.69, 9.17) is 4.52 Å². The molecule has 0 fully saturated rings. The first-order valence-electron chi connectivity index (χ1n) is 6.72. The summed E-state index contributed by atoms with van der Waals surface area (Å²) in [4.78, 5) is 8.82. The molecule has 5 nitrogen and oxygen atoms in total. The average molecular weight is 280 g/mol. The van der Waals surface area contributed by atoms with E-state index >= 15 is 0 Å². The fraction of sp³-hybridized carbons (Fsp3) is 0.188. The van der Waals surface area contributed by atoms with Gasteiger partial charge in [0.2, 0.25) is 0 Å². The zero-order valence-electron chi connectivity index (χ0n) is 12.2. The average Bonchev–Trinajstić information content (AvgIpc) is 2.81. The number of nitrogens with zero attached hydrogens (tertiary/aromatic N) is 3. The number of aryl methyl sites for hydroxylation is 3. The molecule has 21 heavy (non-hydrogen) atoms. The molecule has 5 heteroatoms. The third kappa shape index (κ3) is 2.76. The van der Waals surface area contributed by atoms with Gasteiger partial charge in [-0.2, -0.15) is 0 Å². The van der Waals surface area contributed by atoms with E-state index in [0.717, 1.165) is 28.4 Å². The largest absolute Gasteiger partial charge is 0.361 e. The second-order valence-corrected chi connectivity index (χ2v) is 4.98. The van der Waals surface area contributed by atoms with Crippen LogP contribution >= 0.6 is 0 Å². The van der Waals surface area contributed by atoms with Crippen LogP contribution in [-0.2, 0) is 0 Å². The van der Waals surface area contributed by atoms with Crippen LogP contribution in [0.5, 0.6) is 0 Å². The first-order chi connectivity index (χ1) is 10.1. The highest BCUT2D eigenvalue weighted by Gasteiger charge is 2.13. The number of nitrogens with one attached hydrogen (secondary N) is 1. The topological polar surface area (TPSA) is 63.8 Å². The Kier molecular flexibility index (Phi) is 3.39. The normalized spacial score (nSPS) is 10.6. The monoisotopic (exact) mass is 280 g/mol. The lowest BCUT2D eigenvalue weighted by molar-refractivity contribution is 0.393. The summed E-state index contributed by atoms with van der Waals surface area (Å²) in [5.74, 6) is 1.44. The highest BCUT2D eigenvalue weighted by molar-refractivity contribution is 5.65. The van der Waals surface area contributed by atoms with Gasteiger partial charge in [0, 0.05) is 5.69 Å². The molecule has 0 amide bonds. The molecule has 0 bridgehead atoms. The first kappa shape index (κ1) is 13.3. The maximum atomic E-state index is 5.18. The standard InChI is InChI=1S/C16H16N4O/c1-10-4-6-13(7-5-10)18-15-9-17-8-14(19-15)16-11(2)20-21-12(16)3/h4-9H,1-3H3,(H,18,19). The van der Waals surface area contributed by atoms with Crippen molar-refractivity contribution in [3.63, 3.8) is 0 Å². The maximum absolute atomic E-state index is 5.18. The highest BCUT2D eigenvalue weighted by atomic mass is 16.5. The maximum Gasteiger partial charge on any atom is 0.149 e. The van der Waals surface area contributed by atoms with Crippen molar-refractivity contribution in [1.29, 1.82) is 0 Å². The Bertz CT molecular complexity index is 743. The number of hydrogen-bond donors (Lipinski definition) is 1. The summed E-state index contributed by atoms with van der Waals surface area (Å²) in [6.45, 7) is 5.83. The van der Waals surface area contributed by atoms with Crippen molar-refractivity contribution in [1.82, 2.24) is 15.1 Å². The molecule has 0 aliphatic heterocycles. The van der Waals surface area contributed by atoms with E-state index in [1.165, 1.54) is 5.56 Å². The molecule has 3 aromatic rings. The highest BCUT2D eigenvalue weighted by Crippen LogP contribution is 2.26. The molecule has 1 aromatic carbocycles. The molecule has 0 saturated carbocycles. The van der Waals surface area contributed by atoms with Gasteiger partial charge in [-0.15, -0.1) is 0 Å². The van der Waals surface area contributed by atoms with Crippen LogP contribution in [0.15, 0.2) is 41.2 Å². The second kappa shape index (κ2) is 5.36. The molecule has 0 unspecified atom stereocenters. The van der Waals surface area contributed by atoms with Gasteiger partial charge in [-0.05, 0) is 32.9 Å². The first-order valence-corrected chi connectivity index (χ1v) is 6.72. The van der Waals surface area contributed by atoms with E-state index in [1.54, 1.807) is 12.4 Å². The molecule has 0 radical (unpaired) electrons. The van der Waals surface area contributed by atoms with Crippen LogP contribution in [0.25, 0.3) is 11.3 Å². The summed E-state index contributed by atoms with van der Waals surface area (Å²) in [6.07, 6.45) is 3.41. The quantitative estimate of drug-likeness (QED) is 0.790. The molecule has 0 aliphatic carbocycles.